The maximum Gasteiger partial charge on any atom is 0.238 e. The van der Waals surface area contributed by atoms with Gasteiger partial charge in [0.25, 0.3) is 0 Å². The summed E-state index contributed by atoms with van der Waals surface area (Å²) in [6.07, 6.45) is 0. The van der Waals surface area contributed by atoms with Crippen LogP contribution in [0.5, 0.6) is 0 Å². The molecule has 56 heavy (non-hydrogen) atoms. The molecule has 0 aliphatic carbocycles. The van der Waals surface area contributed by atoms with Gasteiger partial charge in [-0.2, -0.15) is 9.97 Å². The van der Waals surface area contributed by atoms with Crippen LogP contribution < -0.4 is 0 Å². The molecule has 0 unspecified atom stereocenters. The minimum Gasteiger partial charge on any atom is -0.309 e. The first kappa shape index (κ1) is 31.9. The molecule has 262 valence electrons. The number of benzene rings is 8. The van der Waals surface area contributed by atoms with Crippen molar-refractivity contribution in [3.8, 4) is 56.7 Å². The number of para-hydroxylation sites is 3. The summed E-state index contributed by atoms with van der Waals surface area (Å²) >= 11 is 0. The average Bonchev–Trinajstić information content (AvgIpc) is 3.79. The van der Waals surface area contributed by atoms with E-state index in [2.05, 4.69) is 191 Å². The first-order chi connectivity index (χ1) is 27.8. The quantitative estimate of drug-likeness (QED) is 0.172. The smallest absolute Gasteiger partial charge is 0.238 e. The van der Waals surface area contributed by atoms with Gasteiger partial charge in [0, 0.05) is 32.7 Å². The van der Waals surface area contributed by atoms with Crippen LogP contribution in [0, 0.1) is 0 Å². The van der Waals surface area contributed by atoms with Crippen LogP contribution >= 0.6 is 0 Å². The van der Waals surface area contributed by atoms with E-state index in [9.17, 15) is 0 Å². The monoisotopic (exact) mass is 715 g/mol. The van der Waals surface area contributed by atoms with Crippen LogP contribution in [0.3, 0.4) is 0 Å². The molecule has 11 rings (SSSR count). The molecular weight excluding hydrogens is 683 g/mol. The Morgan fingerprint density at radius 1 is 0.286 bits per heavy atom. The molecule has 11 aromatic rings. The van der Waals surface area contributed by atoms with Gasteiger partial charge in [-0.1, -0.05) is 152 Å². The SMILES string of the molecule is c1ccc(-c2ccc3c(c2)c2cc(-c4ccccc4)ccc2n3-c2ccccc2-c2nc(-c3ccccc3)nc(-n3c4ccccc4c4ccccc43)n2)cc1. The van der Waals surface area contributed by atoms with Gasteiger partial charge in [-0.3, -0.25) is 4.57 Å². The van der Waals surface area contributed by atoms with E-state index in [4.69, 9.17) is 15.0 Å². The normalized spacial score (nSPS) is 11.6. The molecular formula is C51H33N5. The van der Waals surface area contributed by atoms with Crippen molar-refractivity contribution in [2.45, 2.75) is 0 Å². The summed E-state index contributed by atoms with van der Waals surface area (Å²) in [5, 5.41) is 4.67. The van der Waals surface area contributed by atoms with Gasteiger partial charge in [0.05, 0.1) is 27.8 Å². The zero-order chi connectivity index (χ0) is 37.0. The fourth-order valence-electron chi connectivity index (χ4n) is 8.20. The summed E-state index contributed by atoms with van der Waals surface area (Å²) in [4.78, 5) is 15.7. The molecule has 0 N–H and O–H groups in total. The van der Waals surface area contributed by atoms with E-state index < -0.39 is 0 Å². The van der Waals surface area contributed by atoms with Crippen LogP contribution in [0.1, 0.15) is 0 Å². The Labute approximate surface area is 323 Å². The maximum absolute atomic E-state index is 5.34. The van der Waals surface area contributed by atoms with Crippen molar-refractivity contribution in [3.63, 3.8) is 0 Å². The van der Waals surface area contributed by atoms with Crippen molar-refractivity contribution in [1.82, 2.24) is 24.1 Å². The van der Waals surface area contributed by atoms with Crippen molar-refractivity contribution in [1.29, 1.82) is 0 Å². The number of fused-ring (bicyclic) bond motifs is 6. The highest BCUT2D eigenvalue weighted by molar-refractivity contribution is 6.12. The zero-order valence-electron chi connectivity index (χ0n) is 30.3. The Morgan fingerprint density at radius 2 is 0.732 bits per heavy atom. The molecule has 0 bridgehead atoms. The Balaban J connectivity index is 1.18. The zero-order valence-corrected chi connectivity index (χ0v) is 30.3. The highest BCUT2D eigenvalue weighted by Gasteiger charge is 2.21. The predicted molar refractivity (Wildman–Crippen MR) is 230 cm³/mol. The number of rotatable bonds is 6. The minimum absolute atomic E-state index is 0.572. The maximum atomic E-state index is 5.34. The molecule has 3 aromatic heterocycles. The van der Waals surface area contributed by atoms with Crippen LogP contribution in [0.25, 0.3) is 100 Å². The number of nitrogens with zero attached hydrogens (tertiary/aromatic N) is 5. The van der Waals surface area contributed by atoms with E-state index in [0.29, 0.717) is 17.6 Å². The van der Waals surface area contributed by atoms with Gasteiger partial charge in [0.1, 0.15) is 0 Å². The summed E-state index contributed by atoms with van der Waals surface area (Å²) in [5.74, 6) is 1.79. The fraction of sp³-hybridized carbons (Fsp3) is 0. The third-order valence-corrected chi connectivity index (χ3v) is 10.8. The van der Waals surface area contributed by atoms with E-state index in [1.54, 1.807) is 0 Å². The molecule has 0 atom stereocenters. The summed E-state index contributed by atoms with van der Waals surface area (Å²) < 4.78 is 4.54. The van der Waals surface area contributed by atoms with Crippen LogP contribution in [0.2, 0.25) is 0 Å². The van der Waals surface area contributed by atoms with E-state index >= 15 is 0 Å². The molecule has 0 aliphatic rings. The molecule has 5 heteroatoms. The molecule has 0 radical (unpaired) electrons. The first-order valence-corrected chi connectivity index (χ1v) is 18.9. The van der Waals surface area contributed by atoms with Gasteiger partial charge in [0.15, 0.2) is 11.6 Å². The lowest BCUT2D eigenvalue weighted by Crippen LogP contribution is -2.07. The van der Waals surface area contributed by atoms with Gasteiger partial charge < -0.3 is 4.57 Å². The van der Waals surface area contributed by atoms with E-state index in [1.165, 1.54) is 33.0 Å². The van der Waals surface area contributed by atoms with Crippen molar-refractivity contribution in [2.75, 3.05) is 0 Å². The van der Waals surface area contributed by atoms with Crippen LogP contribution in [-0.4, -0.2) is 24.1 Å². The standard InChI is InChI=1S/C51H33N5/c1-4-16-34(17-5-1)37-28-30-47-42(32-37)43-33-38(35-18-6-2-7-19-35)29-31-48(43)55(47)46-27-15-12-24-41(46)50-52-49(36-20-8-3-9-21-36)53-51(54-50)56-44-25-13-10-22-39(44)40-23-11-14-26-45(40)56/h1-33H. The summed E-state index contributed by atoms with van der Waals surface area (Å²) in [5.41, 5.74) is 11.9. The van der Waals surface area contributed by atoms with Gasteiger partial charge in [-0.15, -0.1) is 0 Å². The molecule has 0 saturated heterocycles. The highest BCUT2D eigenvalue weighted by atomic mass is 15.2. The summed E-state index contributed by atoms with van der Waals surface area (Å²) in [7, 11) is 0. The number of hydrogen-bond acceptors (Lipinski definition) is 3. The fourth-order valence-corrected chi connectivity index (χ4v) is 8.20. The molecule has 0 saturated carbocycles. The Hall–Kier alpha value is -7.63. The molecule has 8 aromatic carbocycles. The van der Waals surface area contributed by atoms with E-state index in [-0.39, 0.29) is 0 Å². The predicted octanol–water partition coefficient (Wildman–Crippen LogP) is 12.7. The largest absolute Gasteiger partial charge is 0.309 e. The number of aromatic nitrogens is 5. The topological polar surface area (TPSA) is 48.5 Å². The molecule has 0 aliphatic heterocycles. The molecule has 0 fully saturated rings. The molecule has 0 spiro atoms. The third kappa shape index (κ3) is 5.21. The Bertz CT molecular complexity index is 3090. The second-order valence-corrected chi connectivity index (χ2v) is 14.1. The summed E-state index contributed by atoms with van der Waals surface area (Å²) in [6, 6.07) is 70.4. The molecule has 0 amide bonds. The minimum atomic E-state index is 0.572. The third-order valence-electron chi connectivity index (χ3n) is 10.8. The van der Waals surface area contributed by atoms with Crippen molar-refractivity contribution < 1.29 is 0 Å². The lowest BCUT2D eigenvalue weighted by Gasteiger charge is -2.15. The Kier molecular flexibility index (Phi) is 7.42. The van der Waals surface area contributed by atoms with Gasteiger partial charge >= 0.3 is 0 Å². The van der Waals surface area contributed by atoms with Gasteiger partial charge in [0.2, 0.25) is 5.95 Å². The lowest BCUT2D eigenvalue weighted by molar-refractivity contribution is 0.951. The summed E-state index contributed by atoms with van der Waals surface area (Å²) in [6.45, 7) is 0. The van der Waals surface area contributed by atoms with Crippen LogP contribution in [-0.2, 0) is 0 Å². The average molecular weight is 716 g/mol. The Morgan fingerprint density at radius 3 is 1.30 bits per heavy atom. The second-order valence-electron chi connectivity index (χ2n) is 14.1. The highest BCUT2D eigenvalue weighted by Crippen LogP contribution is 2.40. The lowest BCUT2D eigenvalue weighted by atomic mass is 10.0. The van der Waals surface area contributed by atoms with Gasteiger partial charge in [-0.05, 0) is 70.8 Å². The van der Waals surface area contributed by atoms with Crippen molar-refractivity contribution >= 4 is 43.6 Å². The van der Waals surface area contributed by atoms with Gasteiger partial charge in [-0.25, -0.2) is 4.98 Å². The van der Waals surface area contributed by atoms with Crippen molar-refractivity contribution in [3.05, 3.63) is 200 Å². The number of hydrogen-bond donors (Lipinski definition) is 0. The van der Waals surface area contributed by atoms with E-state index in [1.807, 2.05) is 18.2 Å². The second kappa shape index (κ2) is 13.0. The van der Waals surface area contributed by atoms with Crippen LogP contribution in [0.15, 0.2) is 200 Å². The van der Waals surface area contributed by atoms with E-state index in [0.717, 1.165) is 49.7 Å². The first-order valence-electron chi connectivity index (χ1n) is 18.9. The molecule has 3 heterocycles. The molecule has 5 nitrogen and oxygen atoms in total. The van der Waals surface area contributed by atoms with Crippen molar-refractivity contribution in [2.24, 2.45) is 0 Å². The van der Waals surface area contributed by atoms with Crippen LogP contribution in [0.4, 0.5) is 0 Å².